The lowest BCUT2D eigenvalue weighted by atomic mass is 9.68. The highest BCUT2D eigenvalue weighted by atomic mass is 19.1. The molecule has 0 bridgehead atoms. The monoisotopic (exact) mass is 296 g/mol. The van der Waals surface area contributed by atoms with Crippen molar-refractivity contribution in [1.82, 2.24) is 0 Å². The molecule has 21 heavy (non-hydrogen) atoms. The van der Waals surface area contributed by atoms with E-state index >= 15 is 0 Å². The van der Waals surface area contributed by atoms with Crippen molar-refractivity contribution in [2.24, 2.45) is 5.41 Å². The number of aliphatic carboxylic acids is 1. The highest BCUT2D eigenvalue weighted by Gasteiger charge is 2.37. The van der Waals surface area contributed by atoms with Gasteiger partial charge in [0.15, 0.2) is 5.78 Å². The Morgan fingerprint density at radius 1 is 1.10 bits per heavy atom. The first kappa shape index (κ1) is 15.6. The number of hydrogen-bond acceptors (Lipinski definition) is 2. The molecule has 0 saturated heterocycles. The van der Waals surface area contributed by atoms with E-state index in [9.17, 15) is 18.4 Å². The number of benzene rings is 1. The van der Waals surface area contributed by atoms with E-state index < -0.39 is 28.8 Å². The average Bonchev–Trinajstić information content (AvgIpc) is 2.38. The standard InChI is InChI=1S/C16H18F2O3/c17-11-4-5-12(13(18)8-11)14(19)9-16(10-15(20)21)6-2-1-3-7-16/h4-5,8H,1-3,6-7,9-10H2,(H,20,21). The third-order valence-electron chi connectivity index (χ3n) is 4.21. The van der Waals surface area contributed by atoms with Gasteiger partial charge >= 0.3 is 5.97 Å². The van der Waals surface area contributed by atoms with E-state index in [1.54, 1.807) is 0 Å². The molecule has 1 aromatic carbocycles. The van der Waals surface area contributed by atoms with E-state index in [0.717, 1.165) is 31.4 Å². The SMILES string of the molecule is O=C(O)CC1(CC(=O)c2ccc(F)cc2F)CCCCC1. The second kappa shape index (κ2) is 6.33. The Kier molecular flexibility index (Phi) is 4.70. The summed E-state index contributed by atoms with van der Waals surface area (Å²) in [4.78, 5) is 23.3. The molecule has 2 rings (SSSR count). The van der Waals surface area contributed by atoms with Gasteiger partial charge in [0.05, 0.1) is 12.0 Å². The van der Waals surface area contributed by atoms with Crippen LogP contribution in [-0.2, 0) is 4.79 Å². The van der Waals surface area contributed by atoms with E-state index in [1.165, 1.54) is 0 Å². The van der Waals surface area contributed by atoms with E-state index in [2.05, 4.69) is 0 Å². The van der Waals surface area contributed by atoms with Gasteiger partial charge in [0.1, 0.15) is 11.6 Å². The fourth-order valence-corrected chi connectivity index (χ4v) is 3.19. The van der Waals surface area contributed by atoms with Gasteiger partial charge < -0.3 is 5.11 Å². The van der Waals surface area contributed by atoms with Crippen molar-refractivity contribution >= 4 is 11.8 Å². The summed E-state index contributed by atoms with van der Waals surface area (Å²) < 4.78 is 26.6. The molecule has 5 heteroatoms. The van der Waals surface area contributed by atoms with Crippen molar-refractivity contribution in [3.8, 4) is 0 Å². The van der Waals surface area contributed by atoms with E-state index in [1.807, 2.05) is 0 Å². The third kappa shape index (κ3) is 3.86. The Hall–Kier alpha value is -1.78. The van der Waals surface area contributed by atoms with Crippen LogP contribution in [0.25, 0.3) is 0 Å². The molecule has 0 heterocycles. The predicted octanol–water partition coefficient (Wildman–Crippen LogP) is 3.96. The summed E-state index contributed by atoms with van der Waals surface area (Å²) >= 11 is 0. The van der Waals surface area contributed by atoms with E-state index in [-0.39, 0.29) is 18.4 Å². The van der Waals surface area contributed by atoms with Crippen molar-refractivity contribution in [1.29, 1.82) is 0 Å². The van der Waals surface area contributed by atoms with Crippen molar-refractivity contribution < 1.29 is 23.5 Å². The summed E-state index contributed by atoms with van der Waals surface area (Å²) in [6, 6.07) is 2.85. The first-order chi connectivity index (χ1) is 9.92. The summed E-state index contributed by atoms with van der Waals surface area (Å²) in [6.45, 7) is 0. The van der Waals surface area contributed by atoms with Crippen molar-refractivity contribution in [2.45, 2.75) is 44.9 Å². The van der Waals surface area contributed by atoms with Crippen molar-refractivity contribution in [3.05, 3.63) is 35.4 Å². The Morgan fingerprint density at radius 3 is 2.33 bits per heavy atom. The lowest BCUT2D eigenvalue weighted by molar-refractivity contribution is -0.140. The number of halogens is 2. The zero-order valence-electron chi connectivity index (χ0n) is 11.7. The molecular weight excluding hydrogens is 278 g/mol. The second-order valence-corrected chi connectivity index (χ2v) is 5.86. The molecule has 3 nitrogen and oxygen atoms in total. The minimum absolute atomic E-state index is 0.00184. The molecule has 0 unspecified atom stereocenters. The Labute approximate surface area is 122 Å². The quantitative estimate of drug-likeness (QED) is 0.837. The van der Waals surface area contributed by atoms with Gasteiger partial charge in [-0.25, -0.2) is 8.78 Å². The topological polar surface area (TPSA) is 54.4 Å². The largest absolute Gasteiger partial charge is 0.481 e. The predicted molar refractivity (Wildman–Crippen MR) is 73.1 cm³/mol. The average molecular weight is 296 g/mol. The van der Waals surface area contributed by atoms with E-state index in [0.29, 0.717) is 18.9 Å². The van der Waals surface area contributed by atoms with Gasteiger partial charge in [-0.1, -0.05) is 19.3 Å². The summed E-state index contributed by atoms with van der Waals surface area (Å²) in [5, 5.41) is 9.07. The van der Waals surface area contributed by atoms with Gasteiger partial charge in [0.2, 0.25) is 0 Å². The molecule has 1 aliphatic rings. The zero-order chi connectivity index (χ0) is 15.5. The Bertz CT molecular complexity index is 548. The van der Waals surface area contributed by atoms with Crippen LogP contribution in [0.1, 0.15) is 55.3 Å². The third-order valence-corrected chi connectivity index (χ3v) is 4.21. The number of hydrogen-bond donors (Lipinski definition) is 1. The van der Waals surface area contributed by atoms with Crippen LogP contribution in [0.4, 0.5) is 8.78 Å². The molecule has 1 saturated carbocycles. The molecular formula is C16H18F2O3. The molecule has 0 aromatic heterocycles. The molecule has 0 radical (unpaired) electrons. The summed E-state index contributed by atoms with van der Waals surface area (Å²) in [7, 11) is 0. The second-order valence-electron chi connectivity index (χ2n) is 5.86. The summed E-state index contributed by atoms with van der Waals surface area (Å²) in [5.74, 6) is -3.01. The number of carboxylic acid groups (broad SMARTS) is 1. The molecule has 1 N–H and O–H groups in total. The Morgan fingerprint density at radius 2 is 1.76 bits per heavy atom. The minimum atomic E-state index is -0.940. The smallest absolute Gasteiger partial charge is 0.303 e. The summed E-state index contributed by atoms with van der Waals surface area (Å²) in [6.07, 6.45) is 4.03. The Balaban J connectivity index is 2.19. The molecule has 0 spiro atoms. The van der Waals surface area contributed by atoms with Crippen molar-refractivity contribution in [2.75, 3.05) is 0 Å². The lowest BCUT2D eigenvalue weighted by Crippen LogP contribution is -2.30. The maximum absolute atomic E-state index is 13.7. The van der Waals surface area contributed by atoms with Gasteiger partial charge in [-0.15, -0.1) is 0 Å². The number of carbonyl (C=O) groups excluding carboxylic acids is 1. The number of carboxylic acids is 1. The van der Waals surface area contributed by atoms with Gasteiger partial charge in [0.25, 0.3) is 0 Å². The molecule has 1 fully saturated rings. The molecule has 0 atom stereocenters. The zero-order valence-corrected chi connectivity index (χ0v) is 11.7. The lowest BCUT2D eigenvalue weighted by Gasteiger charge is -2.35. The highest BCUT2D eigenvalue weighted by molar-refractivity contribution is 5.97. The number of ketones is 1. The molecule has 0 amide bonds. The van der Waals surface area contributed by atoms with Crippen LogP contribution in [0.5, 0.6) is 0 Å². The molecule has 0 aliphatic heterocycles. The maximum atomic E-state index is 13.7. The van der Waals surface area contributed by atoms with Crippen molar-refractivity contribution in [3.63, 3.8) is 0 Å². The number of rotatable bonds is 5. The van der Waals surface area contributed by atoms with Crippen LogP contribution >= 0.6 is 0 Å². The van der Waals surface area contributed by atoms with Crippen LogP contribution in [-0.4, -0.2) is 16.9 Å². The molecule has 1 aliphatic carbocycles. The molecule has 114 valence electrons. The number of Topliss-reactive ketones (excluding diaryl/α,β-unsaturated/α-hetero) is 1. The van der Waals surface area contributed by atoms with Gasteiger partial charge in [-0.05, 0) is 30.4 Å². The van der Waals surface area contributed by atoms with Crippen LogP contribution in [0.2, 0.25) is 0 Å². The van der Waals surface area contributed by atoms with E-state index in [4.69, 9.17) is 5.11 Å². The minimum Gasteiger partial charge on any atom is -0.481 e. The number of carbonyl (C=O) groups is 2. The maximum Gasteiger partial charge on any atom is 0.303 e. The van der Waals surface area contributed by atoms with Gasteiger partial charge in [-0.2, -0.15) is 0 Å². The van der Waals surface area contributed by atoms with Gasteiger partial charge in [-0.3, -0.25) is 9.59 Å². The summed E-state index contributed by atoms with van der Waals surface area (Å²) in [5.41, 5.74) is -0.756. The normalized spacial score (nSPS) is 17.4. The first-order valence-electron chi connectivity index (χ1n) is 7.12. The van der Waals surface area contributed by atoms with Crippen LogP contribution in [0.3, 0.4) is 0 Å². The fourth-order valence-electron chi connectivity index (χ4n) is 3.19. The fraction of sp³-hybridized carbons (Fsp3) is 0.500. The first-order valence-corrected chi connectivity index (χ1v) is 7.12. The molecule has 1 aromatic rings. The van der Waals surface area contributed by atoms with Crippen LogP contribution < -0.4 is 0 Å². The highest BCUT2D eigenvalue weighted by Crippen LogP contribution is 2.43. The van der Waals surface area contributed by atoms with Crippen LogP contribution in [0, 0.1) is 17.0 Å². The van der Waals surface area contributed by atoms with Crippen LogP contribution in [0.15, 0.2) is 18.2 Å². The van der Waals surface area contributed by atoms with Gasteiger partial charge in [0, 0.05) is 12.5 Å².